The standard InChI is InChI=1S/C11H11ClO4/c12-8-6-10-9(15-2-1-3-16-10)4-7(8)5-11(13)14/h4,6H,1-3,5H2,(H,13,14). The fourth-order valence-corrected chi connectivity index (χ4v) is 1.74. The van der Waals surface area contributed by atoms with E-state index in [-0.39, 0.29) is 6.42 Å². The van der Waals surface area contributed by atoms with E-state index in [4.69, 9.17) is 26.2 Å². The van der Waals surface area contributed by atoms with Crippen LogP contribution in [-0.2, 0) is 11.2 Å². The third kappa shape index (κ3) is 2.39. The topological polar surface area (TPSA) is 55.8 Å². The van der Waals surface area contributed by atoms with Crippen LogP contribution in [0.3, 0.4) is 0 Å². The molecule has 1 aliphatic heterocycles. The minimum Gasteiger partial charge on any atom is -0.490 e. The lowest BCUT2D eigenvalue weighted by Crippen LogP contribution is -2.02. The van der Waals surface area contributed by atoms with Gasteiger partial charge in [-0.15, -0.1) is 0 Å². The summed E-state index contributed by atoms with van der Waals surface area (Å²) < 4.78 is 10.9. The average molecular weight is 243 g/mol. The van der Waals surface area contributed by atoms with Crippen molar-refractivity contribution in [2.75, 3.05) is 13.2 Å². The highest BCUT2D eigenvalue weighted by molar-refractivity contribution is 6.31. The summed E-state index contributed by atoms with van der Waals surface area (Å²) in [5.41, 5.74) is 0.540. The Hall–Kier alpha value is -1.42. The molecule has 1 aromatic rings. The molecule has 1 N–H and O–H groups in total. The van der Waals surface area contributed by atoms with Crippen LogP contribution in [0.5, 0.6) is 11.5 Å². The van der Waals surface area contributed by atoms with Crippen LogP contribution in [0.2, 0.25) is 5.02 Å². The summed E-state index contributed by atoms with van der Waals surface area (Å²) in [6, 6.07) is 3.25. The van der Waals surface area contributed by atoms with Gasteiger partial charge in [0.2, 0.25) is 0 Å². The number of benzene rings is 1. The molecule has 0 bridgehead atoms. The molecule has 16 heavy (non-hydrogen) atoms. The largest absolute Gasteiger partial charge is 0.490 e. The summed E-state index contributed by atoms with van der Waals surface area (Å²) in [6.45, 7) is 1.16. The van der Waals surface area contributed by atoms with E-state index in [1.54, 1.807) is 12.1 Å². The molecule has 0 unspecified atom stereocenters. The van der Waals surface area contributed by atoms with Gasteiger partial charge in [-0.3, -0.25) is 4.79 Å². The molecule has 0 saturated carbocycles. The fourth-order valence-electron chi connectivity index (χ4n) is 1.52. The number of ether oxygens (including phenoxy) is 2. The van der Waals surface area contributed by atoms with Gasteiger partial charge in [0.05, 0.1) is 19.6 Å². The monoisotopic (exact) mass is 242 g/mol. The van der Waals surface area contributed by atoms with Crippen LogP contribution >= 0.6 is 11.6 Å². The van der Waals surface area contributed by atoms with Crippen molar-refractivity contribution < 1.29 is 19.4 Å². The summed E-state index contributed by atoms with van der Waals surface area (Å²) >= 11 is 5.96. The van der Waals surface area contributed by atoms with Gasteiger partial charge in [0, 0.05) is 17.5 Å². The van der Waals surface area contributed by atoms with Gasteiger partial charge in [-0.25, -0.2) is 0 Å². The molecule has 2 rings (SSSR count). The van der Waals surface area contributed by atoms with Gasteiger partial charge >= 0.3 is 5.97 Å². The van der Waals surface area contributed by atoms with E-state index >= 15 is 0 Å². The van der Waals surface area contributed by atoms with Gasteiger partial charge in [-0.1, -0.05) is 11.6 Å². The zero-order valence-corrected chi connectivity index (χ0v) is 9.29. The van der Waals surface area contributed by atoms with Crippen LogP contribution in [0.4, 0.5) is 0 Å². The Balaban J connectivity index is 2.34. The molecule has 1 aromatic carbocycles. The van der Waals surface area contributed by atoms with E-state index in [9.17, 15) is 4.79 Å². The second-order valence-corrected chi connectivity index (χ2v) is 3.92. The average Bonchev–Trinajstić information content (AvgIpc) is 2.42. The Labute approximate surface area is 97.7 Å². The van der Waals surface area contributed by atoms with Crippen molar-refractivity contribution in [2.45, 2.75) is 12.8 Å². The highest BCUT2D eigenvalue weighted by Gasteiger charge is 2.15. The van der Waals surface area contributed by atoms with Crippen LogP contribution in [0.15, 0.2) is 12.1 Å². The number of aliphatic carboxylic acids is 1. The predicted octanol–water partition coefficient (Wildman–Crippen LogP) is 2.13. The van der Waals surface area contributed by atoms with Gasteiger partial charge < -0.3 is 14.6 Å². The molecule has 1 aliphatic rings. The lowest BCUT2D eigenvalue weighted by molar-refractivity contribution is -0.136. The SMILES string of the molecule is O=C(O)Cc1cc2c(cc1Cl)OCCCO2. The van der Waals surface area contributed by atoms with E-state index in [1.165, 1.54) is 0 Å². The van der Waals surface area contributed by atoms with Crippen molar-refractivity contribution in [1.82, 2.24) is 0 Å². The van der Waals surface area contributed by atoms with E-state index < -0.39 is 5.97 Å². The summed E-state index contributed by atoms with van der Waals surface area (Å²) in [6.07, 6.45) is 0.691. The first kappa shape index (κ1) is 11.1. The summed E-state index contributed by atoms with van der Waals surface area (Å²) in [7, 11) is 0. The number of hydrogen-bond donors (Lipinski definition) is 1. The number of carboxylic acids is 1. The lowest BCUT2D eigenvalue weighted by atomic mass is 10.1. The third-order valence-corrected chi connectivity index (χ3v) is 2.61. The lowest BCUT2D eigenvalue weighted by Gasteiger charge is -2.10. The van der Waals surface area contributed by atoms with Crippen molar-refractivity contribution in [1.29, 1.82) is 0 Å². The Morgan fingerprint density at radius 3 is 2.56 bits per heavy atom. The first-order valence-electron chi connectivity index (χ1n) is 4.96. The third-order valence-electron chi connectivity index (χ3n) is 2.26. The zero-order valence-electron chi connectivity index (χ0n) is 8.53. The molecule has 0 fully saturated rings. The normalized spacial score (nSPS) is 14.3. The molecule has 4 nitrogen and oxygen atoms in total. The highest BCUT2D eigenvalue weighted by Crippen LogP contribution is 2.35. The van der Waals surface area contributed by atoms with E-state index in [1.807, 2.05) is 0 Å². The maximum atomic E-state index is 10.6. The van der Waals surface area contributed by atoms with Crippen molar-refractivity contribution in [3.63, 3.8) is 0 Å². The fraction of sp³-hybridized carbons (Fsp3) is 0.364. The molecule has 86 valence electrons. The van der Waals surface area contributed by atoms with Gasteiger partial charge in [0.15, 0.2) is 11.5 Å². The van der Waals surface area contributed by atoms with Crippen molar-refractivity contribution >= 4 is 17.6 Å². The summed E-state index contributed by atoms with van der Waals surface area (Å²) in [4.78, 5) is 10.6. The second kappa shape index (κ2) is 4.61. The molecule has 0 atom stereocenters. The summed E-state index contributed by atoms with van der Waals surface area (Å²) in [5.74, 6) is 0.228. The number of rotatable bonds is 2. The zero-order chi connectivity index (χ0) is 11.5. The van der Waals surface area contributed by atoms with Crippen LogP contribution in [0.1, 0.15) is 12.0 Å². The number of halogens is 1. The van der Waals surface area contributed by atoms with Gasteiger partial charge in [-0.05, 0) is 11.6 Å². The van der Waals surface area contributed by atoms with Gasteiger partial charge in [-0.2, -0.15) is 0 Å². The second-order valence-electron chi connectivity index (χ2n) is 3.51. The predicted molar refractivity (Wildman–Crippen MR) is 58.4 cm³/mol. The molecular formula is C11H11ClO4. The Morgan fingerprint density at radius 2 is 1.94 bits per heavy atom. The van der Waals surface area contributed by atoms with Crippen LogP contribution in [0.25, 0.3) is 0 Å². The van der Waals surface area contributed by atoms with Crippen molar-refractivity contribution in [2.24, 2.45) is 0 Å². The van der Waals surface area contributed by atoms with Crippen molar-refractivity contribution in [3.05, 3.63) is 22.7 Å². The molecule has 5 heteroatoms. The number of carboxylic acid groups (broad SMARTS) is 1. The van der Waals surface area contributed by atoms with Crippen molar-refractivity contribution in [3.8, 4) is 11.5 Å². The number of hydrogen-bond acceptors (Lipinski definition) is 3. The molecule has 1 heterocycles. The Bertz CT molecular complexity index is 417. The molecule has 0 aliphatic carbocycles. The van der Waals surface area contributed by atoms with Gasteiger partial charge in [0.25, 0.3) is 0 Å². The number of fused-ring (bicyclic) bond motifs is 1. The quantitative estimate of drug-likeness (QED) is 0.863. The van der Waals surface area contributed by atoms with Crippen LogP contribution in [0, 0.1) is 0 Å². The molecule has 0 spiro atoms. The van der Waals surface area contributed by atoms with Gasteiger partial charge in [0.1, 0.15) is 0 Å². The minimum absolute atomic E-state index is 0.116. The van der Waals surface area contributed by atoms with Crippen LogP contribution in [-0.4, -0.2) is 24.3 Å². The molecule has 0 radical (unpaired) electrons. The first-order chi connectivity index (χ1) is 7.66. The molecular weight excluding hydrogens is 232 g/mol. The van der Waals surface area contributed by atoms with E-state index in [0.717, 1.165) is 6.42 Å². The molecule has 0 aromatic heterocycles. The first-order valence-corrected chi connectivity index (χ1v) is 5.34. The Kier molecular flexibility index (Phi) is 3.19. The van der Waals surface area contributed by atoms with Crippen LogP contribution < -0.4 is 9.47 Å². The maximum absolute atomic E-state index is 10.6. The Morgan fingerprint density at radius 1 is 1.31 bits per heavy atom. The van der Waals surface area contributed by atoms with E-state index in [2.05, 4.69) is 0 Å². The highest BCUT2D eigenvalue weighted by atomic mass is 35.5. The molecule has 0 amide bonds. The summed E-state index contributed by atoms with van der Waals surface area (Å²) in [5, 5.41) is 9.12. The maximum Gasteiger partial charge on any atom is 0.307 e. The van der Waals surface area contributed by atoms with E-state index in [0.29, 0.717) is 35.3 Å². The number of carbonyl (C=O) groups is 1. The minimum atomic E-state index is -0.920. The smallest absolute Gasteiger partial charge is 0.307 e. The molecule has 0 saturated heterocycles.